The van der Waals surface area contributed by atoms with Gasteiger partial charge >= 0.3 is 5.69 Å². The lowest BCUT2D eigenvalue weighted by molar-refractivity contribution is 0.0791. The predicted molar refractivity (Wildman–Crippen MR) is 107 cm³/mol. The molecule has 0 saturated carbocycles. The first-order chi connectivity index (χ1) is 13.8. The van der Waals surface area contributed by atoms with E-state index in [4.69, 9.17) is 0 Å². The highest BCUT2D eigenvalue weighted by Crippen LogP contribution is 2.09. The summed E-state index contributed by atoms with van der Waals surface area (Å²) < 4.78 is 16.0. The molecule has 3 aromatic rings. The van der Waals surface area contributed by atoms with Gasteiger partial charge in [0.1, 0.15) is 5.82 Å². The van der Waals surface area contributed by atoms with Crippen molar-refractivity contribution in [2.24, 2.45) is 0 Å². The summed E-state index contributed by atoms with van der Waals surface area (Å²) in [6, 6.07) is 12.8. The zero-order valence-corrected chi connectivity index (χ0v) is 16.4. The van der Waals surface area contributed by atoms with Crippen LogP contribution in [0.25, 0.3) is 5.69 Å². The van der Waals surface area contributed by atoms with Crippen molar-refractivity contribution in [2.45, 2.75) is 20.4 Å². The zero-order chi connectivity index (χ0) is 21.1. The Morgan fingerprint density at radius 2 is 1.76 bits per heavy atom. The predicted octanol–water partition coefficient (Wildman–Crippen LogP) is 1.98. The Bertz CT molecular complexity index is 1170. The van der Waals surface area contributed by atoms with Gasteiger partial charge in [0, 0.05) is 19.2 Å². The molecule has 0 aliphatic carbocycles. The van der Waals surface area contributed by atoms with Crippen LogP contribution in [0.1, 0.15) is 28.5 Å². The molecule has 1 amide bonds. The smallest absolute Gasteiger partial charge is 0.340 e. The maximum atomic E-state index is 14.1. The molecule has 0 saturated heterocycles. The van der Waals surface area contributed by atoms with Crippen LogP contribution < -0.4 is 11.2 Å². The molecular weight excluding hydrogens is 375 g/mol. The number of carbonyl (C=O) groups excluding carboxylic acids is 1. The Labute approximate surface area is 166 Å². The zero-order valence-electron chi connectivity index (χ0n) is 16.4. The van der Waals surface area contributed by atoms with Crippen LogP contribution in [0.4, 0.5) is 4.39 Å². The molecule has 1 heterocycles. The Morgan fingerprint density at radius 1 is 1.10 bits per heavy atom. The van der Waals surface area contributed by atoms with Crippen LogP contribution in [-0.4, -0.2) is 38.7 Å². The maximum Gasteiger partial charge on any atom is 0.352 e. The van der Waals surface area contributed by atoms with Crippen molar-refractivity contribution in [3.05, 3.63) is 92.0 Å². The summed E-state index contributed by atoms with van der Waals surface area (Å²) in [5.41, 5.74) is -0.467. The molecule has 0 N–H and O–H groups in total. The van der Waals surface area contributed by atoms with Gasteiger partial charge < -0.3 is 4.90 Å². The third-order valence-corrected chi connectivity index (χ3v) is 4.65. The van der Waals surface area contributed by atoms with E-state index in [-0.39, 0.29) is 12.1 Å². The van der Waals surface area contributed by atoms with Crippen LogP contribution in [0.15, 0.2) is 58.1 Å². The Kier molecular flexibility index (Phi) is 5.72. The summed E-state index contributed by atoms with van der Waals surface area (Å²) in [7, 11) is 1.53. The highest BCUT2D eigenvalue weighted by Gasteiger charge is 2.23. The lowest BCUT2D eigenvalue weighted by Crippen LogP contribution is -2.46. The van der Waals surface area contributed by atoms with Crippen LogP contribution in [-0.2, 0) is 6.54 Å². The topological polar surface area (TPSA) is 77.2 Å². The van der Waals surface area contributed by atoms with Gasteiger partial charge in [-0.15, -0.1) is 0 Å². The molecule has 0 fully saturated rings. The first kappa shape index (κ1) is 20.2. The van der Waals surface area contributed by atoms with E-state index in [9.17, 15) is 18.8 Å². The van der Waals surface area contributed by atoms with Gasteiger partial charge in [0.2, 0.25) is 5.69 Å². The summed E-state index contributed by atoms with van der Waals surface area (Å²) in [5.74, 6) is -1.16. The van der Waals surface area contributed by atoms with Gasteiger partial charge in [-0.3, -0.25) is 14.2 Å². The van der Waals surface area contributed by atoms with E-state index < -0.39 is 28.7 Å². The quantitative estimate of drug-likeness (QED) is 0.661. The van der Waals surface area contributed by atoms with Crippen molar-refractivity contribution in [1.29, 1.82) is 0 Å². The van der Waals surface area contributed by atoms with Crippen molar-refractivity contribution in [2.75, 3.05) is 13.6 Å². The van der Waals surface area contributed by atoms with E-state index in [2.05, 4.69) is 5.10 Å². The van der Waals surface area contributed by atoms with Gasteiger partial charge in [-0.2, -0.15) is 9.78 Å². The number of nitrogens with zero attached hydrogens (tertiary/aromatic N) is 4. The monoisotopic (exact) mass is 396 g/mol. The Morgan fingerprint density at radius 3 is 2.38 bits per heavy atom. The first-order valence-electron chi connectivity index (χ1n) is 9.13. The highest BCUT2D eigenvalue weighted by atomic mass is 19.1. The minimum absolute atomic E-state index is 0.163. The third kappa shape index (κ3) is 4.01. The number of benzene rings is 2. The molecule has 0 spiro atoms. The molecular formula is C21H21FN4O3. The Balaban J connectivity index is 2.25. The number of rotatable bonds is 5. The second-order valence-electron chi connectivity index (χ2n) is 6.68. The molecule has 8 heteroatoms. The maximum absolute atomic E-state index is 14.1. The minimum Gasteiger partial charge on any atom is -0.340 e. The van der Waals surface area contributed by atoms with E-state index in [1.807, 2.05) is 6.92 Å². The SMILES string of the molecule is CCN(C)C(=O)c1nn(-c2ccc(C)cc2)c(=O)n(Cc2ccccc2F)c1=O. The second kappa shape index (κ2) is 8.22. The van der Waals surface area contributed by atoms with Crippen LogP contribution in [0.3, 0.4) is 0 Å². The van der Waals surface area contributed by atoms with Crippen LogP contribution in [0, 0.1) is 12.7 Å². The molecule has 0 aliphatic heterocycles. The summed E-state index contributed by atoms with van der Waals surface area (Å²) in [6.45, 7) is 3.70. The second-order valence-corrected chi connectivity index (χ2v) is 6.68. The molecule has 0 radical (unpaired) electrons. The average molecular weight is 396 g/mol. The molecule has 150 valence electrons. The first-order valence-corrected chi connectivity index (χ1v) is 9.13. The molecule has 1 aromatic heterocycles. The van der Waals surface area contributed by atoms with Crippen molar-refractivity contribution in [3.63, 3.8) is 0 Å². The fourth-order valence-corrected chi connectivity index (χ4v) is 2.76. The molecule has 0 unspecified atom stereocenters. The molecule has 29 heavy (non-hydrogen) atoms. The van der Waals surface area contributed by atoms with Gasteiger partial charge in [-0.1, -0.05) is 35.9 Å². The molecule has 2 aromatic carbocycles. The number of aryl methyl sites for hydroxylation is 1. The summed E-state index contributed by atoms with van der Waals surface area (Å²) in [6.07, 6.45) is 0. The number of hydrogen-bond donors (Lipinski definition) is 0. The van der Waals surface area contributed by atoms with E-state index in [0.29, 0.717) is 12.2 Å². The minimum atomic E-state index is -0.855. The van der Waals surface area contributed by atoms with Gasteiger partial charge in [0.15, 0.2) is 0 Å². The molecule has 3 rings (SSSR count). The number of hydrogen-bond acceptors (Lipinski definition) is 4. The summed E-state index contributed by atoms with van der Waals surface area (Å²) in [5, 5.41) is 4.05. The number of aromatic nitrogens is 3. The number of halogens is 1. The van der Waals surface area contributed by atoms with E-state index in [1.165, 1.54) is 30.1 Å². The normalized spacial score (nSPS) is 10.8. The molecule has 0 bridgehead atoms. The van der Waals surface area contributed by atoms with Gasteiger partial charge in [-0.05, 0) is 32.0 Å². The fourth-order valence-electron chi connectivity index (χ4n) is 2.76. The van der Waals surface area contributed by atoms with E-state index >= 15 is 0 Å². The molecule has 0 atom stereocenters. The number of amides is 1. The Hall–Kier alpha value is -3.55. The van der Waals surface area contributed by atoms with Crippen molar-refractivity contribution in [1.82, 2.24) is 19.2 Å². The van der Waals surface area contributed by atoms with Crippen molar-refractivity contribution in [3.8, 4) is 5.69 Å². The van der Waals surface area contributed by atoms with E-state index in [0.717, 1.165) is 14.8 Å². The largest absolute Gasteiger partial charge is 0.352 e. The van der Waals surface area contributed by atoms with Crippen molar-refractivity contribution < 1.29 is 9.18 Å². The third-order valence-electron chi connectivity index (χ3n) is 4.65. The van der Waals surface area contributed by atoms with Gasteiger partial charge in [-0.25, -0.2) is 9.18 Å². The van der Waals surface area contributed by atoms with E-state index in [1.54, 1.807) is 37.3 Å². The summed E-state index contributed by atoms with van der Waals surface area (Å²) >= 11 is 0. The lowest BCUT2D eigenvalue weighted by atomic mass is 10.2. The van der Waals surface area contributed by atoms with Crippen molar-refractivity contribution >= 4 is 5.91 Å². The van der Waals surface area contributed by atoms with Crippen LogP contribution in [0.5, 0.6) is 0 Å². The van der Waals surface area contributed by atoms with Gasteiger partial charge in [0.25, 0.3) is 11.5 Å². The lowest BCUT2D eigenvalue weighted by Gasteiger charge is -2.16. The van der Waals surface area contributed by atoms with Crippen LogP contribution in [0.2, 0.25) is 0 Å². The summed E-state index contributed by atoms with van der Waals surface area (Å²) in [4.78, 5) is 39.9. The fraction of sp³-hybridized carbons (Fsp3) is 0.238. The average Bonchev–Trinajstić information content (AvgIpc) is 2.72. The molecule has 7 nitrogen and oxygen atoms in total. The standard InChI is InChI=1S/C21H21FN4O3/c1-4-24(3)19(27)18-20(28)25(13-15-7-5-6-8-17(15)22)21(29)26(23-18)16-11-9-14(2)10-12-16/h5-12H,4,13H2,1-3H3. The van der Waals surface area contributed by atoms with Gasteiger partial charge in [0.05, 0.1) is 12.2 Å². The highest BCUT2D eigenvalue weighted by molar-refractivity contribution is 5.91. The molecule has 0 aliphatic rings. The number of carbonyl (C=O) groups is 1. The van der Waals surface area contributed by atoms with Crippen LogP contribution >= 0.6 is 0 Å².